The third kappa shape index (κ3) is 4.83. The first-order valence-corrected chi connectivity index (χ1v) is 6.47. The van der Waals surface area contributed by atoms with Crippen molar-refractivity contribution in [1.29, 1.82) is 0 Å². The molecule has 1 saturated carbocycles. The minimum absolute atomic E-state index is 0.421. The Morgan fingerprint density at radius 3 is 2.40 bits per heavy atom. The molecule has 0 aromatic rings. The Bertz CT molecular complexity index is 208. The number of hydrogen-bond acceptors (Lipinski definition) is 1. The number of hydrogen-bond donors (Lipinski definition) is 2. The Labute approximate surface area is 99.2 Å². The van der Waals surface area contributed by atoms with Gasteiger partial charge in [0.25, 0.3) is 0 Å². The van der Waals surface area contributed by atoms with E-state index in [1.807, 2.05) is 0 Å². The van der Waals surface area contributed by atoms with Crippen molar-refractivity contribution in [2.75, 3.05) is 6.54 Å². The van der Waals surface area contributed by atoms with Gasteiger partial charge in [0.15, 0.2) is 5.11 Å². The number of nitrogens with one attached hydrogen (secondary N) is 2. The monoisotopic (exact) mass is 228 g/mol. The number of thiocarbonyl (C=S) groups is 1. The second-order valence-corrected chi connectivity index (χ2v) is 5.76. The molecule has 1 aliphatic rings. The third-order valence-electron chi connectivity index (χ3n) is 3.16. The van der Waals surface area contributed by atoms with Crippen molar-refractivity contribution >= 4 is 17.3 Å². The SMILES string of the molecule is CC(C)NC(=S)NCC1(C)CCCCC1. The van der Waals surface area contributed by atoms with Crippen LogP contribution < -0.4 is 10.6 Å². The average molecular weight is 228 g/mol. The molecular formula is C12H24N2S. The van der Waals surface area contributed by atoms with Crippen molar-refractivity contribution < 1.29 is 0 Å². The maximum atomic E-state index is 5.23. The van der Waals surface area contributed by atoms with Crippen molar-refractivity contribution in [3.05, 3.63) is 0 Å². The molecule has 0 aromatic heterocycles. The summed E-state index contributed by atoms with van der Waals surface area (Å²) in [5.41, 5.74) is 0.459. The van der Waals surface area contributed by atoms with E-state index in [1.54, 1.807) is 0 Å². The molecule has 88 valence electrons. The van der Waals surface area contributed by atoms with Crippen LogP contribution in [0.15, 0.2) is 0 Å². The molecule has 3 heteroatoms. The van der Waals surface area contributed by atoms with Crippen LogP contribution >= 0.6 is 12.2 Å². The molecule has 2 nitrogen and oxygen atoms in total. The first-order valence-electron chi connectivity index (χ1n) is 6.06. The molecule has 1 fully saturated rings. The molecule has 0 aliphatic heterocycles. The smallest absolute Gasteiger partial charge is 0.166 e. The lowest BCUT2D eigenvalue weighted by molar-refractivity contribution is 0.218. The van der Waals surface area contributed by atoms with E-state index in [1.165, 1.54) is 32.1 Å². The van der Waals surface area contributed by atoms with Crippen molar-refractivity contribution in [1.82, 2.24) is 10.6 Å². The van der Waals surface area contributed by atoms with Gasteiger partial charge in [0, 0.05) is 12.6 Å². The van der Waals surface area contributed by atoms with Gasteiger partial charge >= 0.3 is 0 Å². The molecule has 0 aromatic carbocycles. The first-order chi connectivity index (χ1) is 7.02. The van der Waals surface area contributed by atoms with Crippen molar-refractivity contribution in [3.63, 3.8) is 0 Å². The molecule has 0 heterocycles. The third-order valence-corrected chi connectivity index (χ3v) is 3.42. The molecular weight excluding hydrogens is 204 g/mol. The molecule has 2 N–H and O–H groups in total. The zero-order valence-corrected chi connectivity index (χ0v) is 11.0. The Morgan fingerprint density at radius 1 is 1.27 bits per heavy atom. The van der Waals surface area contributed by atoms with Gasteiger partial charge in [-0.1, -0.05) is 26.2 Å². The molecule has 1 aliphatic carbocycles. The standard InChI is InChI=1S/C12H24N2S/c1-10(2)14-11(15)13-9-12(3)7-5-4-6-8-12/h10H,4-9H2,1-3H3,(H2,13,14,15). The van der Waals surface area contributed by atoms with E-state index in [0.29, 0.717) is 11.5 Å². The summed E-state index contributed by atoms with van der Waals surface area (Å²) in [6.07, 6.45) is 6.84. The van der Waals surface area contributed by atoms with Gasteiger partial charge in [-0.15, -0.1) is 0 Å². The van der Waals surface area contributed by atoms with Crippen molar-refractivity contribution in [3.8, 4) is 0 Å². The topological polar surface area (TPSA) is 24.1 Å². The highest BCUT2D eigenvalue weighted by molar-refractivity contribution is 7.80. The van der Waals surface area contributed by atoms with Crippen LogP contribution in [0.5, 0.6) is 0 Å². The molecule has 0 bridgehead atoms. The quantitative estimate of drug-likeness (QED) is 0.726. The van der Waals surface area contributed by atoms with Crippen LogP contribution in [0.3, 0.4) is 0 Å². The Morgan fingerprint density at radius 2 is 1.87 bits per heavy atom. The van der Waals surface area contributed by atoms with E-state index >= 15 is 0 Å². The van der Waals surface area contributed by atoms with Crippen LogP contribution in [0.1, 0.15) is 52.9 Å². The van der Waals surface area contributed by atoms with E-state index in [9.17, 15) is 0 Å². The average Bonchev–Trinajstić information content (AvgIpc) is 2.15. The lowest BCUT2D eigenvalue weighted by Crippen LogP contribution is -2.44. The summed E-state index contributed by atoms with van der Waals surface area (Å²) in [7, 11) is 0. The first kappa shape index (κ1) is 12.8. The highest BCUT2D eigenvalue weighted by Crippen LogP contribution is 2.34. The van der Waals surface area contributed by atoms with Crippen molar-refractivity contribution in [2.24, 2.45) is 5.41 Å². The van der Waals surface area contributed by atoms with E-state index in [4.69, 9.17) is 12.2 Å². The van der Waals surface area contributed by atoms with Crippen LogP contribution in [-0.4, -0.2) is 17.7 Å². The van der Waals surface area contributed by atoms with Crippen LogP contribution in [0, 0.1) is 5.41 Å². The zero-order valence-electron chi connectivity index (χ0n) is 10.2. The maximum Gasteiger partial charge on any atom is 0.166 e. The molecule has 0 radical (unpaired) electrons. The molecule has 15 heavy (non-hydrogen) atoms. The van der Waals surface area contributed by atoms with Gasteiger partial charge in [-0.2, -0.15) is 0 Å². The van der Waals surface area contributed by atoms with Crippen LogP contribution in [0.4, 0.5) is 0 Å². The zero-order chi connectivity index (χ0) is 11.3. The fourth-order valence-electron chi connectivity index (χ4n) is 2.19. The predicted octanol–water partition coefficient (Wildman–Crippen LogP) is 2.83. The van der Waals surface area contributed by atoms with Gasteiger partial charge in [0.2, 0.25) is 0 Å². The van der Waals surface area contributed by atoms with E-state index in [-0.39, 0.29) is 0 Å². The second kappa shape index (κ2) is 5.69. The van der Waals surface area contributed by atoms with Gasteiger partial charge in [-0.3, -0.25) is 0 Å². The van der Waals surface area contributed by atoms with Crippen LogP contribution in [0.2, 0.25) is 0 Å². The van der Waals surface area contributed by atoms with Crippen LogP contribution in [0.25, 0.3) is 0 Å². The van der Waals surface area contributed by atoms with Gasteiger partial charge in [0.1, 0.15) is 0 Å². The summed E-state index contributed by atoms with van der Waals surface area (Å²) in [5.74, 6) is 0. The lowest BCUT2D eigenvalue weighted by atomic mass is 9.76. The summed E-state index contributed by atoms with van der Waals surface area (Å²) in [6, 6.07) is 0.421. The molecule has 0 amide bonds. The minimum atomic E-state index is 0.421. The Hall–Kier alpha value is -0.310. The largest absolute Gasteiger partial charge is 0.362 e. The summed E-state index contributed by atoms with van der Waals surface area (Å²) < 4.78 is 0. The normalized spacial score (nSPS) is 20.0. The predicted molar refractivity (Wildman–Crippen MR) is 70.1 cm³/mol. The highest BCUT2D eigenvalue weighted by atomic mass is 32.1. The summed E-state index contributed by atoms with van der Waals surface area (Å²) >= 11 is 5.23. The fourth-order valence-corrected chi connectivity index (χ4v) is 2.50. The van der Waals surface area contributed by atoms with Crippen LogP contribution in [-0.2, 0) is 0 Å². The van der Waals surface area contributed by atoms with Gasteiger partial charge in [-0.05, 0) is 44.3 Å². The Balaban J connectivity index is 2.25. The second-order valence-electron chi connectivity index (χ2n) is 5.35. The number of rotatable bonds is 3. The molecule has 0 saturated heterocycles. The molecule has 0 spiro atoms. The molecule has 0 unspecified atom stereocenters. The maximum absolute atomic E-state index is 5.23. The molecule has 0 atom stereocenters. The molecule has 1 rings (SSSR count). The highest BCUT2D eigenvalue weighted by Gasteiger charge is 2.26. The van der Waals surface area contributed by atoms with E-state index < -0.39 is 0 Å². The van der Waals surface area contributed by atoms with E-state index in [0.717, 1.165) is 11.7 Å². The van der Waals surface area contributed by atoms with Crippen molar-refractivity contribution in [2.45, 2.75) is 58.9 Å². The summed E-state index contributed by atoms with van der Waals surface area (Å²) in [6.45, 7) is 7.61. The minimum Gasteiger partial charge on any atom is -0.362 e. The van der Waals surface area contributed by atoms with Gasteiger partial charge < -0.3 is 10.6 Å². The van der Waals surface area contributed by atoms with E-state index in [2.05, 4.69) is 31.4 Å². The Kier molecular flexibility index (Phi) is 4.84. The van der Waals surface area contributed by atoms with Gasteiger partial charge in [-0.25, -0.2) is 0 Å². The lowest BCUT2D eigenvalue weighted by Gasteiger charge is -2.34. The summed E-state index contributed by atoms with van der Waals surface area (Å²) in [4.78, 5) is 0. The summed E-state index contributed by atoms with van der Waals surface area (Å²) in [5, 5.41) is 7.37. The van der Waals surface area contributed by atoms with Gasteiger partial charge in [0.05, 0.1) is 0 Å². The fraction of sp³-hybridized carbons (Fsp3) is 0.917.